The Labute approximate surface area is 186 Å². The maximum atomic E-state index is 6.79. The summed E-state index contributed by atoms with van der Waals surface area (Å²) < 4.78 is 0. The molecule has 2 N–H and O–H groups in total. The first-order chi connectivity index (χ1) is 15.1. The van der Waals surface area contributed by atoms with Crippen LogP contribution < -0.4 is 10.6 Å². The van der Waals surface area contributed by atoms with Crippen molar-refractivity contribution in [3.8, 4) is 11.3 Å². The lowest BCUT2D eigenvalue weighted by atomic mass is 10.0. The predicted molar refractivity (Wildman–Crippen MR) is 129 cm³/mol. The van der Waals surface area contributed by atoms with Crippen LogP contribution in [0, 0.1) is 0 Å². The van der Waals surface area contributed by atoms with Gasteiger partial charge in [-0.2, -0.15) is 0 Å². The maximum absolute atomic E-state index is 6.79. The van der Waals surface area contributed by atoms with E-state index in [9.17, 15) is 0 Å². The molecule has 31 heavy (non-hydrogen) atoms. The zero-order chi connectivity index (χ0) is 21.4. The van der Waals surface area contributed by atoms with Gasteiger partial charge in [0, 0.05) is 49.1 Å². The highest BCUT2D eigenvalue weighted by Gasteiger charge is 2.21. The van der Waals surface area contributed by atoms with Crippen LogP contribution in [0.25, 0.3) is 32.9 Å². The Bertz CT molecular complexity index is 1280. The molecule has 0 unspecified atom stereocenters. The number of hydrogen-bond acceptors (Lipinski definition) is 6. The first-order valence-electron chi connectivity index (χ1n) is 10.3. The molecule has 3 heterocycles. The molecule has 0 amide bonds. The van der Waals surface area contributed by atoms with E-state index in [1.165, 1.54) is 0 Å². The van der Waals surface area contributed by atoms with Gasteiger partial charge in [-0.25, -0.2) is 15.0 Å². The minimum absolute atomic E-state index is 0.464. The lowest BCUT2D eigenvalue weighted by molar-refractivity contribution is 0.284. The van der Waals surface area contributed by atoms with Gasteiger partial charge >= 0.3 is 0 Å². The smallest absolute Gasteiger partial charge is 0.140 e. The Kier molecular flexibility index (Phi) is 5.18. The summed E-state index contributed by atoms with van der Waals surface area (Å²) in [6.45, 7) is 8.50. The standard InChI is InChI=1S/C24H23ClN6/c1-2-7-30-8-10-31(11-9-30)24-19-13-20(25)18(14-21(19)27-15-28-24)23-17-6-4-3-5-16(17)12-22(26)29-23/h2-6,12-15H,1,7-11H2,(H2,26,29). The summed E-state index contributed by atoms with van der Waals surface area (Å²) in [7, 11) is 0. The largest absolute Gasteiger partial charge is 0.384 e. The van der Waals surface area contributed by atoms with E-state index >= 15 is 0 Å². The third-order valence-corrected chi connectivity index (χ3v) is 6.09. The van der Waals surface area contributed by atoms with E-state index in [-0.39, 0.29) is 0 Å². The van der Waals surface area contributed by atoms with Gasteiger partial charge in [-0.05, 0) is 23.6 Å². The molecule has 0 atom stereocenters. The lowest BCUT2D eigenvalue weighted by Crippen LogP contribution is -2.46. The zero-order valence-corrected chi connectivity index (χ0v) is 17.9. The summed E-state index contributed by atoms with van der Waals surface area (Å²) in [5, 5.41) is 3.59. The van der Waals surface area contributed by atoms with Crippen molar-refractivity contribution in [2.75, 3.05) is 43.4 Å². The van der Waals surface area contributed by atoms with Crippen molar-refractivity contribution >= 4 is 44.9 Å². The molecular formula is C24H23ClN6. The number of piperazine rings is 1. The second-order valence-corrected chi connectivity index (χ2v) is 8.15. The van der Waals surface area contributed by atoms with Crippen LogP contribution >= 0.6 is 11.6 Å². The van der Waals surface area contributed by atoms with E-state index in [0.29, 0.717) is 10.8 Å². The van der Waals surface area contributed by atoms with Crippen molar-refractivity contribution in [2.45, 2.75) is 0 Å². The highest BCUT2D eigenvalue weighted by molar-refractivity contribution is 6.34. The van der Waals surface area contributed by atoms with Gasteiger partial charge in [-0.15, -0.1) is 6.58 Å². The second kappa shape index (κ2) is 8.13. The minimum Gasteiger partial charge on any atom is -0.384 e. The topological polar surface area (TPSA) is 71.2 Å². The fraction of sp³-hybridized carbons (Fsp3) is 0.208. The van der Waals surface area contributed by atoms with E-state index in [1.54, 1.807) is 6.33 Å². The number of pyridine rings is 1. The third-order valence-electron chi connectivity index (χ3n) is 5.78. The first kappa shape index (κ1) is 19.7. The number of anilines is 2. The average Bonchev–Trinajstić information content (AvgIpc) is 2.78. The van der Waals surface area contributed by atoms with Crippen LogP contribution in [0.1, 0.15) is 0 Å². The van der Waals surface area contributed by atoms with Gasteiger partial charge in [0.25, 0.3) is 0 Å². The van der Waals surface area contributed by atoms with Gasteiger partial charge in [-0.1, -0.05) is 41.9 Å². The van der Waals surface area contributed by atoms with Crippen molar-refractivity contribution in [3.63, 3.8) is 0 Å². The van der Waals surface area contributed by atoms with E-state index in [0.717, 1.165) is 71.5 Å². The summed E-state index contributed by atoms with van der Waals surface area (Å²) >= 11 is 6.79. The van der Waals surface area contributed by atoms with Crippen LogP contribution in [0.5, 0.6) is 0 Å². The number of nitrogen functional groups attached to an aromatic ring is 1. The van der Waals surface area contributed by atoms with Crippen LogP contribution in [-0.2, 0) is 0 Å². The molecule has 0 aliphatic carbocycles. The molecule has 156 valence electrons. The van der Waals surface area contributed by atoms with Crippen LogP contribution in [0.2, 0.25) is 5.02 Å². The van der Waals surface area contributed by atoms with Gasteiger partial charge < -0.3 is 10.6 Å². The zero-order valence-electron chi connectivity index (χ0n) is 17.1. The molecule has 0 saturated carbocycles. The predicted octanol–water partition coefficient (Wildman–Crippen LogP) is 4.39. The summed E-state index contributed by atoms with van der Waals surface area (Å²) in [6.07, 6.45) is 3.57. The van der Waals surface area contributed by atoms with Gasteiger partial charge in [-0.3, -0.25) is 4.90 Å². The molecule has 1 saturated heterocycles. The molecule has 6 nitrogen and oxygen atoms in total. The number of halogens is 1. The highest BCUT2D eigenvalue weighted by Crippen LogP contribution is 2.37. The molecule has 1 aliphatic rings. The second-order valence-electron chi connectivity index (χ2n) is 7.74. The van der Waals surface area contributed by atoms with E-state index in [1.807, 2.05) is 48.5 Å². The molecule has 2 aromatic heterocycles. The Morgan fingerprint density at radius 2 is 1.84 bits per heavy atom. The molecule has 4 aromatic rings. The normalized spacial score (nSPS) is 14.9. The van der Waals surface area contributed by atoms with Gasteiger partial charge in [0.2, 0.25) is 0 Å². The molecule has 5 rings (SSSR count). The number of rotatable bonds is 4. The Morgan fingerprint density at radius 3 is 2.65 bits per heavy atom. The summed E-state index contributed by atoms with van der Waals surface area (Å²) in [5.41, 5.74) is 8.50. The molecule has 7 heteroatoms. The number of fused-ring (bicyclic) bond motifs is 2. The van der Waals surface area contributed by atoms with Crippen LogP contribution in [-0.4, -0.2) is 52.6 Å². The van der Waals surface area contributed by atoms with Gasteiger partial charge in [0.1, 0.15) is 18.0 Å². The average molecular weight is 431 g/mol. The monoisotopic (exact) mass is 430 g/mol. The molecule has 0 spiro atoms. The van der Waals surface area contributed by atoms with Crippen LogP contribution in [0.4, 0.5) is 11.6 Å². The molecule has 2 aromatic carbocycles. The maximum Gasteiger partial charge on any atom is 0.140 e. The minimum atomic E-state index is 0.464. The van der Waals surface area contributed by atoms with Crippen molar-refractivity contribution in [2.24, 2.45) is 0 Å². The number of nitrogens with zero attached hydrogens (tertiary/aromatic N) is 5. The third kappa shape index (κ3) is 3.69. The Hall–Kier alpha value is -3.22. The van der Waals surface area contributed by atoms with Crippen LogP contribution in [0.3, 0.4) is 0 Å². The molecular weight excluding hydrogens is 408 g/mol. The summed E-state index contributed by atoms with van der Waals surface area (Å²) in [4.78, 5) is 18.4. The first-order valence-corrected chi connectivity index (χ1v) is 10.7. The number of nitrogens with two attached hydrogens (primary N) is 1. The van der Waals surface area contributed by atoms with Gasteiger partial charge in [0.15, 0.2) is 0 Å². The molecule has 0 radical (unpaired) electrons. The van der Waals surface area contributed by atoms with Crippen molar-refractivity contribution in [1.82, 2.24) is 19.9 Å². The number of hydrogen-bond donors (Lipinski definition) is 1. The SMILES string of the molecule is C=CCN1CCN(c2ncnc3cc(-c4nc(N)cc5ccccc45)c(Cl)cc23)CC1. The van der Waals surface area contributed by atoms with Crippen molar-refractivity contribution in [1.29, 1.82) is 0 Å². The van der Waals surface area contributed by atoms with E-state index < -0.39 is 0 Å². The van der Waals surface area contributed by atoms with E-state index in [2.05, 4.69) is 31.3 Å². The fourth-order valence-corrected chi connectivity index (χ4v) is 4.50. The Balaban J connectivity index is 1.59. The van der Waals surface area contributed by atoms with Crippen molar-refractivity contribution < 1.29 is 0 Å². The number of benzene rings is 2. The molecule has 0 bridgehead atoms. The highest BCUT2D eigenvalue weighted by atomic mass is 35.5. The van der Waals surface area contributed by atoms with Crippen molar-refractivity contribution in [3.05, 3.63) is 66.5 Å². The molecule has 1 aliphatic heterocycles. The molecule has 1 fully saturated rings. The summed E-state index contributed by atoms with van der Waals surface area (Å²) in [6, 6.07) is 13.9. The fourth-order valence-electron chi connectivity index (χ4n) is 4.25. The Morgan fingerprint density at radius 1 is 1.03 bits per heavy atom. The quantitative estimate of drug-likeness (QED) is 0.484. The van der Waals surface area contributed by atoms with Gasteiger partial charge in [0.05, 0.1) is 16.2 Å². The lowest BCUT2D eigenvalue weighted by Gasteiger charge is -2.35. The van der Waals surface area contributed by atoms with E-state index in [4.69, 9.17) is 17.3 Å². The number of aromatic nitrogens is 3. The van der Waals surface area contributed by atoms with Crippen LogP contribution in [0.15, 0.2) is 61.4 Å². The summed E-state index contributed by atoms with van der Waals surface area (Å²) in [5.74, 6) is 1.38.